The average molecular weight is 317 g/mol. The highest BCUT2D eigenvalue weighted by Gasteiger charge is 2.24. The molecule has 2 aromatic heterocycles. The molecule has 1 saturated heterocycles. The molecule has 2 aliphatic rings. The SMILES string of the molecule is Cc1noc2c1c1c(c(=O)n2CCN2CCOCC2)CCCC1. The van der Waals surface area contributed by atoms with Crippen LogP contribution in [0.1, 0.15) is 29.7 Å². The van der Waals surface area contributed by atoms with Gasteiger partial charge in [0.05, 0.1) is 24.3 Å². The Morgan fingerprint density at radius 1 is 1.09 bits per heavy atom. The summed E-state index contributed by atoms with van der Waals surface area (Å²) in [5.74, 6) is 0. The molecule has 0 amide bonds. The Labute approximate surface area is 135 Å². The first-order valence-electron chi connectivity index (χ1n) is 8.56. The van der Waals surface area contributed by atoms with Crippen molar-refractivity contribution in [1.29, 1.82) is 0 Å². The van der Waals surface area contributed by atoms with Crippen molar-refractivity contribution in [2.75, 3.05) is 32.8 Å². The molecule has 1 fully saturated rings. The minimum absolute atomic E-state index is 0.122. The van der Waals surface area contributed by atoms with Crippen molar-refractivity contribution in [3.8, 4) is 0 Å². The van der Waals surface area contributed by atoms with Gasteiger partial charge in [0, 0.05) is 31.7 Å². The number of ether oxygens (including phenoxy) is 1. The molecule has 0 atom stereocenters. The summed E-state index contributed by atoms with van der Waals surface area (Å²) in [6.07, 6.45) is 4.09. The third kappa shape index (κ3) is 2.60. The molecule has 0 N–H and O–H groups in total. The third-order valence-corrected chi connectivity index (χ3v) is 5.11. The molecular weight excluding hydrogens is 294 g/mol. The molecule has 6 nitrogen and oxygen atoms in total. The molecule has 124 valence electrons. The summed E-state index contributed by atoms with van der Waals surface area (Å²) in [6.45, 7) is 6.87. The number of hydrogen-bond acceptors (Lipinski definition) is 5. The molecule has 0 spiro atoms. The number of hydrogen-bond donors (Lipinski definition) is 0. The second-order valence-electron chi connectivity index (χ2n) is 6.52. The summed E-state index contributed by atoms with van der Waals surface area (Å²) in [7, 11) is 0. The molecule has 0 bridgehead atoms. The maximum Gasteiger partial charge on any atom is 0.256 e. The van der Waals surface area contributed by atoms with Gasteiger partial charge in [-0.05, 0) is 38.2 Å². The fraction of sp³-hybridized carbons (Fsp3) is 0.647. The molecule has 0 aromatic carbocycles. The van der Waals surface area contributed by atoms with Crippen molar-refractivity contribution >= 4 is 11.1 Å². The number of morpholine rings is 1. The zero-order valence-corrected chi connectivity index (χ0v) is 13.6. The highest BCUT2D eigenvalue weighted by Crippen LogP contribution is 2.28. The Kier molecular flexibility index (Phi) is 3.95. The summed E-state index contributed by atoms with van der Waals surface area (Å²) in [4.78, 5) is 15.3. The van der Waals surface area contributed by atoms with Gasteiger partial charge in [-0.25, -0.2) is 0 Å². The second kappa shape index (κ2) is 6.09. The van der Waals surface area contributed by atoms with Crippen LogP contribution >= 0.6 is 0 Å². The van der Waals surface area contributed by atoms with E-state index < -0.39 is 0 Å². The van der Waals surface area contributed by atoms with Crippen LogP contribution in [-0.2, 0) is 24.1 Å². The lowest BCUT2D eigenvalue weighted by Crippen LogP contribution is -2.39. The maximum absolute atomic E-state index is 12.9. The lowest BCUT2D eigenvalue weighted by Gasteiger charge is -2.27. The average Bonchev–Trinajstić information content (AvgIpc) is 2.97. The molecule has 4 rings (SSSR count). The van der Waals surface area contributed by atoms with Gasteiger partial charge in [-0.1, -0.05) is 5.16 Å². The molecule has 0 radical (unpaired) electrons. The van der Waals surface area contributed by atoms with E-state index >= 15 is 0 Å². The van der Waals surface area contributed by atoms with Crippen molar-refractivity contribution in [3.05, 3.63) is 27.2 Å². The lowest BCUT2D eigenvalue weighted by atomic mass is 9.90. The quantitative estimate of drug-likeness (QED) is 0.859. The topological polar surface area (TPSA) is 60.5 Å². The molecule has 2 aromatic rings. The summed E-state index contributed by atoms with van der Waals surface area (Å²) in [5, 5.41) is 5.20. The van der Waals surface area contributed by atoms with Crippen molar-refractivity contribution < 1.29 is 9.26 Å². The van der Waals surface area contributed by atoms with E-state index in [9.17, 15) is 4.79 Å². The van der Waals surface area contributed by atoms with Crippen LogP contribution in [-0.4, -0.2) is 47.5 Å². The van der Waals surface area contributed by atoms with Gasteiger partial charge in [-0.3, -0.25) is 14.3 Å². The van der Waals surface area contributed by atoms with Gasteiger partial charge in [-0.2, -0.15) is 0 Å². The number of pyridine rings is 1. The predicted molar refractivity (Wildman–Crippen MR) is 86.9 cm³/mol. The zero-order chi connectivity index (χ0) is 15.8. The summed E-state index contributed by atoms with van der Waals surface area (Å²) >= 11 is 0. The van der Waals surface area contributed by atoms with E-state index in [1.165, 1.54) is 5.56 Å². The molecule has 1 aliphatic carbocycles. The highest BCUT2D eigenvalue weighted by atomic mass is 16.5. The van der Waals surface area contributed by atoms with Crippen molar-refractivity contribution in [1.82, 2.24) is 14.6 Å². The smallest absolute Gasteiger partial charge is 0.256 e. The van der Waals surface area contributed by atoms with Crippen LogP contribution in [0, 0.1) is 6.92 Å². The molecule has 23 heavy (non-hydrogen) atoms. The minimum atomic E-state index is 0.122. The maximum atomic E-state index is 12.9. The van der Waals surface area contributed by atoms with Crippen LogP contribution in [0.5, 0.6) is 0 Å². The standard InChI is InChI=1S/C17H23N3O3/c1-12-15-13-4-2-3-5-14(13)16(21)20(17(15)23-18-12)7-6-19-8-10-22-11-9-19/h2-11H2,1H3. The number of rotatable bonds is 3. The van der Waals surface area contributed by atoms with Crippen molar-refractivity contribution in [2.45, 2.75) is 39.2 Å². The van der Waals surface area contributed by atoms with Crippen molar-refractivity contribution in [3.63, 3.8) is 0 Å². The van der Waals surface area contributed by atoms with Gasteiger partial charge in [0.15, 0.2) is 0 Å². The molecular formula is C17H23N3O3. The number of nitrogens with zero attached hydrogens (tertiary/aromatic N) is 3. The van der Waals surface area contributed by atoms with Gasteiger partial charge in [0.2, 0.25) is 5.71 Å². The van der Waals surface area contributed by atoms with E-state index in [1.54, 1.807) is 4.57 Å². The van der Waals surface area contributed by atoms with Gasteiger partial charge in [0.1, 0.15) is 0 Å². The van der Waals surface area contributed by atoms with Gasteiger partial charge >= 0.3 is 0 Å². The van der Waals surface area contributed by atoms with E-state index in [1.807, 2.05) is 6.92 Å². The number of fused-ring (bicyclic) bond motifs is 3. The van der Waals surface area contributed by atoms with E-state index in [-0.39, 0.29) is 5.56 Å². The first kappa shape index (κ1) is 14.9. The molecule has 1 aliphatic heterocycles. The minimum Gasteiger partial charge on any atom is -0.379 e. The van der Waals surface area contributed by atoms with E-state index in [2.05, 4.69) is 10.1 Å². The largest absolute Gasteiger partial charge is 0.379 e. The normalized spacial score (nSPS) is 19.2. The van der Waals surface area contributed by atoms with Crippen LogP contribution in [0.3, 0.4) is 0 Å². The highest BCUT2D eigenvalue weighted by molar-refractivity contribution is 5.81. The van der Waals surface area contributed by atoms with Crippen LogP contribution < -0.4 is 5.56 Å². The van der Waals surface area contributed by atoms with E-state index in [0.29, 0.717) is 12.3 Å². The van der Waals surface area contributed by atoms with Crippen LogP contribution in [0.15, 0.2) is 9.32 Å². The Hall–Kier alpha value is -1.66. The van der Waals surface area contributed by atoms with E-state index in [4.69, 9.17) is 9.26 Å². The third-order valence-electron chi connectivity index (χ3n) is 5.11. The first-order chi connectivity index (χ1) is 11.3. The summed E-state index contributed by atoms with van der Waals surface area (Å²) in [6, 6.07) is 0. The van der Waals surface area contributed by atoms with Gasteiger partial charge in [-0.15, -0.1) is 0 Å². The Balaban J connectivity index is 1.73. The fourth-order valence-corrected chi connectivity index (χ4v) is 3.83. The molecule has 0 saturated carbocycles. The summed E-state index contributed by atoms with van der Waals surface area (Å²) in [5.41, 5.74) is 3.84. The molecule has 3 heterocycles. The fourth-order valence-electron chi connectivity index (χ4n) is 3.83. The number of aromatic nitrogens is 2. The van der Waals surface area contributed by atoms with Crippen molar-refractivity contribution in [2.24, 2.45) is 0 Å². The monoisotopic (exact) mass is 317 g/mol. The molecule has 0 unspecified atom stereocenters. The Morgan fingerprint density at radius 2 is 1.83 bits per heavy atom. The van der Waals surface area contributed by atoms with E-state index in [0.717, 1.165) is 75.2 Å². The zero-order valence-electron chi connectivity index (χ0n) is 13.6. The Morgan fingerprint density at radius 3 is 2.61 bits per heavy atom. The van der Waals surface area contributed by atoms with Crippen LogP contribution in [0.25, 0.3) is 11.1 Å². The first-order valence-corrected chi connectivity index (χ1v) is 8.56. The molecule has 6 heteroatoms. The Bertz CT molecular complexity index is 771. The second-order valence-corrected chi connectivity index (χ2v) is 6.52. The van der Waals surface area contributed by atoms with Gasteiger partial charge in [0.25, 0.3) is 5.56 Å². The summed E-state index contributed by atoms with van der Waals surface area (Å²) < 4.78 is 12.7. The lowest BCUT2D eigenvalue weighted by molar-refractivity contribution is 0.0363. The van der Waals surface area contributed by atoms with Gasteiger partial charge < -0.3 is 9.26 Å². The van der Waals surface area contributed by atoms with Crippen LogP contribution in [0.4, 0.5) is 0 Å². The predicted octanol–water partition coefficient (Wildman–Crippen LogP) is 1.51. The number of aryl methyl sites for hydroxylation is 2. The van der Waals surface area contributed by atoms with Crippen LogP contribution in [0.2, 0.25) is 0 Å².